The zero-order chi connectivity index (χ0) is 18.2. The first-order valence-electron chi connectivity index (χ1n) is 8.39. The van der Waals surface area contributed by atoms with Crippen LogP contribution in [0.5, 0.6) is 0 Å². The number of piperazine rings is 1. The van der Waals surface area contributed by atoms with Gasteiger partial charge in [-0.15, -0.1) is 0 Å². The van der Waals surface area contributed by atoms with E-state index in [1.165, 1.54) is 0 Å². The van der Waals surface area contributed by atoms with Crippen molar-refractivity contribution in [1.82, 2.24) is 15.1 Å². The van der Waals surface area contributed by atoms with Gasteiger partial charge in [0.1, 0.15) is 17.2 Å². The van der Waals surface area contributed by atoms with Gasteiger partial charge in [0.05, 0.1) is 0 Å². The Bertz CT molecular complexity index is 509. The highest BCUT2D eigenvalue weighted by atomic mass is 16.6. The van der Waals surface area contributed by atoms with Crippen LogP contribution in [0.4, 0.5) is 4.79 Å². The van der Waals surface area contributed by atoms with Crippen molar-refractivity contribution in [2.45, 2.75) is 46.1 Å². The molecule has 7 nitrogen and oxygen atoms in total. The second kappa shape index (κ2) is 9.16. The lowest BCUT2D eigenvalue weighted by molar-refractivity contribution is -0.117. The van der Waals surface area contributed by atoms with Crippen molar-refractivity contribution in [2.24, 2.45) is 0 Å². The fourth-order valence-electron chi connectivity index (χ4n) is 2.15. The van der Waals surface area contributed by atoms with E-state index in [1.54, 1.807) is 11.1 Å². The second-order valence-corrected chi connectivity index (χ2v) is 6.77. The van der Waals surface area contributed by atoms with Crippen molar-refractivity contribution in [3.63, 3.8) is 0 Å². The van der Waals surface area contributed by atoms with Crippen molar-refractivity contribution >= 4 is 12.0 Å². The number of nitrogens with zero attached hydrogens (tertiary/aromatic N) is 3. The molecule has 0 spiro atoms. The third-order valence-electron chi connectivity index (χ3n) is 3.46. The van der Waals surface area contributed by atoms with E-state index in [0.717, 1.165) is 12.8 Å². The maximum Gasteiger partial charge on any atom is 0.410 e. The number of unbranched alkanes of at least 4 members (excludes halogenated alkanes) is 1. The highest BCUT2D eigenvalue weighted by Gasteiger charge is 2.25. The summed E-state index contributed by atoms with van der Waals surface area (Å²) in [5.74, 6) is -0.347. The molecule has 1 saturated heterocycles. The molecule has 134 valence electrons. The summed E-state index contributed by atoms with van der Waals surface area (Å²) >= 11 is 0. The number of carbonyl (C=O) groups is 2. The van der Waals surface area contributed by atoms with Crippen LogP contribution in [-0.2, 0) is 9.53 Å². The first-order chi connectivity index (χ1) is 11.3. The predicted molar refractivity (Wildman–Crippen MR) is 91.0 cm³/mol. The van der Waals surface area contributed by atoms with Gasteiger partial charge in [0, 0.05) is 38.9 Å². The lowest BCUT2D eigenvalue weighted by Gasteiger charge is -2.35. The molecule has 1 fully saturated rings. The summed E-state index contributed by atoms with van der Waals surface area (Å²) < 4.78 is 5.34. The van der Waals surface area contributed by atoms with Crippen LogP contribution in [0.25, 0.3) is 0 Å². The van der Waals surface area contributed by atoms with Crippen molar-refractivity contribution < 1.29 is 14.3 Å². The molecule has 1 aliphatic heterocycles. The van der Waals surface area contributed by atoms with Crippen LogP contribution in [0, 0.1) is 11.3 Å². The molecule has 24 heavy (non-hydrogen) atoms. The fourth-order valence-corrected chi connectivity index (χ4v) is 2.15. The summed E-state index contributed by atoms with van der Waals surface area (Å²) in [6.45, 7) is 10.2. The molecule has 0 radical (unpaired) electrons. The average molecular weight is 336 g/mol. The zero-order valence-corrected chi connectivity index (χ0v) is 15.1. The molecule has 0 bridgehead atoms. The van der Waals surface area contributed by atoms with Crippen molar-refractivity contribution in [1.29, 1.82) is 5.26 Å². The minimum atomic E-state index is -0.515. The van der Waals surface area contributed by atoms with Crippen LogP contribution in [0.2, 0.25) is 0 Å². The molecule has 0 aromatic heterocycles. The Morgan fingerprint density at radius 1 is 1.25 bits per heavy atom. The first kappa shape index (κ1) is 19.8. The van der Waals surface area contributed by atoms with Gasteiger partial charge in [-0.3, -0.25) is 4.79 Å². The Hall–Kier alpha value is -2.23. The van der Waals surface area contributed by atoms with Gasteiger partial charge >= 0.3 is 6.09 Å². The number of rotatable bonds is 5. The van der Waals surface area contributed by atoms with Gasteiger partial charge in [0.15, 0.2) is 0 Å². The molecule has 1 rings (SSSR count). The van der Waals surface area contributed by atoms with E-state index in [1.807, 2.05) is 38.7 Å². The van der Waals surface area contributed by atoms with Gasteiger partial charge < -0.3 is 19.9 Å². The highest BCUT2D eigenvalue weighted by Crippen LogP contribution is 2.12. The molecule has 0 saturated carbocycles. The first-order valence-corrected chi connectivity index (χ1v) is 8.39. The van der Waals surface area contributed by atoms with Gasteiger partial charge in [0.25, 0.3) is 5.91 Å². The van der Waals surface area contributed by atoms with Crippen molar-refractivity contribution in [3.05, 3.63) is 11.8 Å². The van der Waals surface area contributed by atoms with Crippen LogP contribution >= 0.6 is 0 Å². The molecule has 0 aliphatic carbocycles. The Kier molecular flexibility index (Phi) is 7.56. The van der Waals surface area contributed by atoms with E-state index < -0.39 is 5.60 Å². The molecular weight excluding hydrogens is 308 g/mol. The molecule has 1 aliphatic rings. The molecule has 0 atom stereocenters. The van der Waals surface area contributed by atoms with Crippen LogP contribution in [-0.4, -0.2) is 60.1 Å². The van der Waals surface area contributed by atoms with Crippen molar-refractivity contribution in [3.8, 4) is 6.07 Å². The summed E-state index contributed by atoms with van der Waals surface area (Å²) in [4.78, 5) is 27.5. The van der Waals surface area contributed by atoms with Gasteiger partial charge in [-0.2, -0.15) is 5.26 Å². The lowest BCUT2D eigenvalue weighted by atomic mass is 10.2. The van der Waals surface area contributed by atoms with Crippen LogP contribution < -0.4 is 5.32 Å². The number of hydrogen-bond acceptors (Lipinski definition) is 5. The molecule has 0 aromatic rings. The topological polar surface area (TPSA) is 85.7 Å². The molecule has 7 heteroatoms. The number of ether oxygens (including phenoxy) is 1. The number of carbonyl (C=O) groups excluding carboxylic acids is 2. The van der Waals surface area contributed by atoms with Gasteiger partial charge in [0.2, 0.25) is 0 Å². The summed E-state index contributed by atoms with van der Waals surface area (Å²) in [5, 5.41) is 11.9. The van der Waals surface area contributed by atoms with E-state index in [9.17, 15) is 9.59 Å². The monoisotopic (exact) mass is 336 g/mol. The number of hydrogen-bond donors (Lipinski definition) is 1. The SMILES string of the molecule is CCCCNC(=O)/C(C#N)=C\N1CCN(C(=O)OC(C)(C)C)CC1. The lowest BCUT2D eigenvalue weighted by Crippen LogP contribution is -2.48. The molecule has 0 aromatic carbocycles. The third-order valence-corrected chi connectivity index (χ3v) is 3.46. The summed E-state index contributed by atoms with van der Waals surface area (Å²) in [5.41, 5.74) is -0.421. The normalized spacial score (nSPS) is 15.7. The molecule has 2 amide bonds. The van der Waals surface area contributed by atoms with E-state index in [2.05, 4.69) is 5.32 Å². The van der Waals surface area contributed by atoms with E-state index in [4.69, 9.17) is 10.00 Å². The van der Waals surface area contributed by atoms with Crippen LogP contribution in [0.1, 0.15) is 40.5 Å². The molecular formula is C17H28N4O3. The fraction of sp³-hybridized carbons (Fsp3) is 0.706. The van der Waals surface area contributed by atoms with Crippen LogP contribution in [0.3, 0.4) is 0 Å². The van der Waals surface area contributed by atoms with Gasteiger partial charge in [-0.05, 0) is 27.2 Å². The smallest absolute Gasteiger partial charge is 0.410 e. The van der Waals surface area contributed by atoms with Crippen LogP contribution in [0.15, 0.2) is 11.8 Å². The summed E-state index contributed by atoms with van der Waals surface area (Å²) in [6.07, 6.45) is 3.12. The zero-order valence-electron chi connectivity index (χ0n) is 15.1. The van der Waals surface area contributed by atoms with E-state index >= 15 is 0 Å². The van der Waals surface area contributed by atoms with E-state index in [0.29, 0.717) is 32.7 Å². The molecule has 0 unspecified atom stereocenters. The Labute approximate surface area is 144 Å². The second-order valence-electron chi connectivity index (χ2n) is 6.77. The van der Waals surface area contributed by atoms with Crippen molar-refractivity contribution in [2.75, 3.05) is 32.7 Å². The third kappa shape index (κ3) is 6.90. The Morgan fingerprint density at radius 3 is 2.38 bits per heavy atom. The van der Waals surface area contributed by atoms with Gasteiger partial charge in [-0.25, -0.2) is 4.79 Å². The van der Waals surface area contributed by atoms with Gasteiger partial charge in [-0.1, -0.05) is 13.3 Å². The predicted octanol–water partition coefficient (Wildman–Crippen LogP) is 1.86. The quantitative estimate of drug-likeness (QED) is 0.470. The largest absolute Gasteiger partial charge is 0.444 e. The standard InChI is InChI=1S/C17H28N4O3/c1-5-6-7-19-15(22)14(12-18)13-20-8-10-21(11-9-20)16(23)24-17(2,3)4/h13H,5-11H2,1-4H3,(H,19,22)/b14-13-. The Balaban J connectivity index is 2.52. The number of nitriles is 1. The molecule has 1 N–H and O–H groups in total. The maximum atomic E-state index is 12.0. The minimum absolute atomic E-state index is 0.0943. The molecule has 1 heterocycles. The maximum absolute atomic E-state index is 12.0. The highest BCUT2D eigenvalue weighted by molar-refractivity contribution is 5.97. The average Bonchev–Trinajstić information content (AvgIpc) is 2.51. The van der Waals surface area contributed by atoms with E-state index in [-0.39, 0.29) is 17.6 Å². The Morgan fingerprint density at radius 2 is 1.88 bits per heavy atom. The summed E-state index contributed by atoms with van der Waals surface area (Å²) in [7, 11) is 0. The number of amides is 2. The minimum Gasteiger partial charge on any atom is -0.444 e. The number of nitrogens with one attached hydrogen (secondary N) is 1. The summed E-state index contributed by atoms with van der Waals surface area (Å²) in [6, 6.07) is 1.94.